The third-order valence-electron chi connectivity index (χ3n) is 3.65. The Morgan fingerprint density at radius 2 is 2.12 bits per heavy atom. The lowest BCUT2D eigenvalue weighted by atomic mass is 9.85. The van der Waals surface area contributed by atoms with Crippen molar-refractivity contribution in [2.24, 2.45) is 5.92 Å². The van der Waals surface area contributed by atoms with Gasteiger partial charge >= 0.3 is 0 Å². The molecule has 1 aliphatic rings. The lowest BCUT2D eigenvalue weighted by molar-refractivity contribution is -0.131. The van der Waals surface area contributed by atoms with E-state index in [4.69, 9.17) is 0 Å². The molecule has 1 unspecified atom stereocenters. The molecule has 1 N–H and O–H groups in total. The highest BCUT2D eigenvalue weighted by atomic mass is 16.2. The Hall–Kier alpha value is -0.570. The van der Waals surface area contributed by atoms with Crippen LogP contribution in [0.4, 0.5) is 0 Å². The quantitative estimate of drug-likeness (QED) is 0.720. The topological polar surface area (TPSA) is 32.3 Å². The molecular formula is C13H26N2O. The summed E-state index contributed by atoms with van der Waals surface area (Å²) < 4.78 is 0. The number of hydrogen-bond acceptors (Lipinski definition) is 2. The molecule has 94 valence electrons. The molecular weight excluding hydrogens is 200 g/mol. The molecule has 1 rings (SSSR count). The van der Waals surface area contributed by atoms with Crippen molar-refractivity contribution in [2.75, 3.05) is 19.6 Å². The van der Waals surface area contributed by atoms with Gasteiger partial charge < -0.3 is 10.2 Å². The number of nitrogens with one attached hydrogen (secondary N) is 1. The Labute approximate surface area is 99.6 Å². The molecule has 0 aromatic rings. The van der Waals surface area contributed by atoms with Gasteiger partial charge in [-0.05, 0) is 39.0 Å². The van der Waals surface area contributed by atoms with Gasteiger partial charge in [0.15, 0.2) is 0 Å². The fourth-order valence-corrected chi connectivity index (χ4v) is 1.91. The van der Waals surface area contributed by atoms with Crippen LogP contribution in [0.5, 0.6) is 0 Å². The van der Waals surface area contributed by atoms with Crippen LogP contribution in [0.1, 0.15) is 46.5 Å². The Morgan fingerprint density at radius 1 is 1.44 bits per heavy atom. The number of amides is 1. The minimum absolute atomic E-state index is 0.259. The minimum Gasteiger partial charge on any atom is -0.342 e. The maximum atomic E-state index is 11.9. The Balaban J connectivity index is 2.24. The van der Waals surface area contributed by atoms with Gasteiger partial charge in [-0.1, -0.05) is 13.3 Å². The van der Waals surface area contributed by atoms with Gasteiger partial charge in [-0.2, -0.15) is 0 Å². The molecule has 1 aliphatic carbocycles. The maximum Gasteiger partial charge on any atom is 0.236 e. The molecule has 3 heteroatoms. The van der Waals surface area contributed by atoms with Crippen molar-refractivity contribution >= 4 is 5.91 Å². The Bertz CT molecular complexity index is 214. The average Bonchev–Trinajstić information content (AvgIpc) is 2.24. The molecule has 1 atom stereocenters. The third kappa shape index (κ3) is 4.12. The number of carbonyl (C=O) groups excluding carboxylic acids is 1. The first-order valence-electron chi connectivity index (χ1n) is 6.68. The summed E-state index contributed by atoms with van der Waals surface area (Å²) in [6.07, 6.45) is 5.04. The lowest BCUT2D eigenvalue weighted by Crippen LogP contribution is -2.43. The highest BCUT2D eigenvalue weighted by Gasteiger charge is 2.22. The van der Waals surface area contributed by atoms with E-state index >= 15 is 0 Å². The standard InChI is InChI=1S/C13H26N2O/c1-4-11(3)14-9-13(16)15(5-2)10-12-7-6-8-12/h11-12,14H,4-10H2,1-3H3. The zero-order valence-electron chi connectivity index (χ0n) is 11.0. The van der Waals surface area contributed by atoms with E-state index in [1.54, 1.807) is 0 Å². The van der Waals surface area contributed by atoms with Crippen LogP contribution in [-0.4, -0.2) is 36.5 Å². The van der Waals surface area contributed by atoms with Gasteiger partial charge in [-0.15, -0.1) is 0 Å². The SMILES string of the molecule is CCC(C)NCC(=O)N(CC)CC1CCC1. The van der Waals surface area contributed by atoms with Crippen LogP contribution in [0.2, 0.25) is 0 Å². The Morgan fingerprint density at radius 3 is 2.56 bits per heavy atom. The van der Waals surface area contributed by atoms with Gasteiger partial charge in [0.05, 0.1) is 6.54 Å². The molecule has 0 aromatic heterocycles. The zero-order chi connectivity index (χ0) is 12.0. The summed E-state index contributed by atoms with van der Waals surface area (Å²) >= 11 is 0. The molecule has 0 saturated heterocycles. The van der Waals surface area contributed by atoms with E-state index < -0.39 is 0 Å². The highest BCUT2D eigenvalue weighted by Crippen LogP contribution is 2.26. The van der Waals surface area contributed by atoms with Gasteiger partial charge in [0.1, 0.15) is 0 Å². The first kappa shape index (κ1) is 13.5. The Kier molecular flexibility index (Phi) is 5.81. The maximum absolute atomic E-state index is 11.9. The summed E-state index contributed by atoms with van der Waals surface area (Å²) in [5.74, 6) is 1.03. The molecule has 16 heavy (non-hydrogen) atoms. The molecule has 0 bridgehead atoms. The fourth-order valence-electron chi connectivity index (χ4n) is 1.91. The normalized spacial score (nSPS) is 17.9. The van der Waals surface area contributed by atoms with Crippen LogP contribution < -0.4 is 5.32 Å². The van der Waals surface area contributed by atoms with Crippen molar-refractivity contribution in [3.8, 4) is 0 Å². The summed E-state index contributed by atoms with van der Waals surface area (Å²) in [6.45, 7) is 8.63. The van der Waals surface area contributed by atoms with Crippen molar-refractivity contribution in [1.29, 1.82) is 0 Å². The second-order valence-corrected chi connectivity index (χ2v) is 4.92. The first-order valence-corrected chi connectivity index (χ1v) is 6.68. The second kappa shape index (κ2) is 6.89. The van der Waals surface area contributed by atoms with E-state index in [0.29, 0.717) is 12.6 Å². The molecule has 0 spiro atoms. The smallest absolute Gasteiger partial charge is 0.236 e. The molecule has 0 radical (unpaired) electrons. The lowest BCUT2D eigenvalue weighted by Gasteiger charge is -2.32. The van der Waals surface area contributed by atoms with Crippen LogP contribution in [0.15, 0.2) is 0 Å². The largest absolute Gasteiger partial charge is 0.342 e. The van der Waals surface area contributed by atoms with Gasteiger partial charge in [0.2, 0.25) is 5.91 Å². The van der Waals surface area contributed by atoms with E-state index in [2.05, 4.69) is 26.1 Å². The van der Waals surface area contributed by atoms with Crippen LogP contribution in [0.3, 0.4) is 0 Å². The summed E-state index contributed by atoms with van der Waals surface area (Å²) in [6, 6.07) is 0.436. The number of likely N-dealkylation sites (N-methyl/N-ethyl adjacent to an activating group) is 1. The van der Waals surface area contributed by atoms with Crippen LogP contribution in [-0.2, 0) is 4.79 Å². The van der Waals surface area contributed by atoms with Crippen molar-refractivity contribution in [2.45, 2.75) is 52.5 Å². The first-order chi connectivity index (χ1) is 7.67. The van der Waals surface area contributed by atoms with Gasteiger partial charge in [0, 0.05) is 19.1 Å². The molecule has 0 aliphatic heterocycles. The predicted molar refractivity (Wildman–Crippen MR) is 67.4 cm³/mol. The summed E-state index contributed by atoms with van der Waals surface area (Å²) in [7, 11) is 0. The molecule has 3 nitrogen and oxygen atoms in total. The van der Waals surface area contributed by atoms with Crippen molar-refractivity contribution in [3.63, 3.8) is 0 Å². The molecule has 0 heterocycles. The molecule has 0 aromatic carbocycles. The molecule has 1 saturated carbocycles. The zero-order valence-corrected chi connectivity index (χ0v) is 11.0. The molecule has 1 fully saturated rings. The predicted octanol–water partition coefficient (Wildman–Crippen LogP) is 2.02. The number of hydrogen-bond donors (Lipinski definition) is 1. The fraction of sp³-hybridized carbons (Fsp3) is 0.923. The van der Waals surface area contributed by atoms with E-state index in [1.807, 2.05) is 4.90 Å². The van der Waals surface area contributed by atoms with E-state index in [-0.39, 0.29) is 5.91 Å². The molecule has 1 amide bonds. The highest BCUT2D eigenvalue weighted by molar-refractivity contribution is 5.78. The van der Waals surface area contributed by atoms with Gasteiger partial charge in [-0.25, -0.2) is 0 Å². The van der Waals surface area contributed by atoms with Crippen molar-refractivity contribution in [1.82, 2.24) is 10.2 Å². The van der Waals surface area contributed by atoms with E-state index in [0.717, 1.165) is 25.4 Å². The number of nitrogens with zero attached hydrogens (tertiary/aromatic N) is 1. The summed E-state index contributed by atoms with van der Waals surface area (Å²) in [5.41, 5.74) is 0. The van der Waals surface area contributed by atoms with Crippen molar-refractivity contribution in [3.05, 3.63) is 0 Å². The summed E-state index contributed by atoms with van der Waals surface area (Å²) in [5, 5.41) is 3.26. The monoisotopic (exact) mass is 226 g/mol. The summed E-state index contributed by atoms with van der Waals surface area (Å²) in [4.78, 5) is 13.9. The van der Waals surface area contributed by atoms with E-state index in [1.165, 1.54) is 19.3 Å². The van der Waals surface area contributed by atoms with Crippen LogP contribution in [0, 0.1) is 5.92 Å². The third-order valence-corrected chi connectivity index (χ3v) is 3.65. The van der Waals surface area contributed by atoms with Crippen molar-refractivity contribution < 1.29 is 4.79 Å². The van der Waals surface area contributed by atoms with Gasteiger partial charge in [0.25, 0.3) is 0 Å². The average molecular weight is 226 g/mol. The van der Waals surface area contributed by atoms with Crippen LogP contribution in [0.25, 0.3) is 0 Å². The number of rotatable bonds is 7. The minimum atomic E-state index is 0.259. The van der Waals surface area contributed by atoms with Gasteiger partial charge in [-0.3, -0.25) is 4.79 Å². The van der Waals surface area contributed by atoms with E-state index in [9.17, 15) is 4.79 Å². The number of carbonyl (C=O) groups is 1. The van der Waals surface area contributed by atoms with Crippen LogP contribution >= 0.6 is 0 Å². The second-order valence-electron chi connectivity index (χ2n) is 4.92.